The Morgan fingerprint density at radius 2 is 2.20 bits per heavy atom. The molecule has 2 rings (SSSR count). The third-order valence-corrected chi connectivity index (χ3v) is 2.58. The number of ether oxygens (including phenoxy) is 1. The average Bonchev–Trinajstić information content (AvgIpc) is 2.63. The predicted molar refractivity (Wildman–Crippen MR) is 36.7 cm³/mol. The van der Waals surface area contributed by atoms with Crippen molar-refractivity contribution in [2.45, 2.75) is 38.4 Å². The Morgan fingerprint density at radius 1 is 1.40 bits per heavy atom. The van der Waals surface area contributed by atoms with Crippen molar-refractivity contribution in [3.05, 3.63) is 0 Å². The number of Topliss-reactive ketones (excluding diaryl/α,β-unsaturated/α-hetero) is 1. The molecule has 0 bridgehead atoms. The average molecular weight is 140 g/mol. The molecule has 0 radical (unpaired) electrons. The summed E-state index contributed by atoms with van der Waals surface area (Å²) in [4.78, 5) is 10.9. The van der Waals surface area contributed by atoms with E-state index in [2.05, 4.69) is 0 Å². The molecule has 0 aromatic heterocycles. The maximum atomic E-state index is 10.9. The van der Waals surface area contributed by atoms with Gasteiger partial charge in [0.25, 0.3) is 0 Å². The Labute approximate surface area is 60.6 Å². The van der Waals surface area contributed by atoms with Crippen LogP contribution in [0.2, 0.25) is 0 Å². The van der Waals surface area contributed by atoms with Crippen LogP contribution in [0.3, 0.4) is 0 Å². The van der Waals surface area contributed by atoms with Gasteiger partial charge in [-0.05, 0) is 26.2 Å². The Balaban J connectivity index is 1.94. The van der Waals surface area contributed by atoms with Gasteiger partial charge in [0.1, 0.15) is 5.78 Å². The Kier molecular flexibility index (Phi) is 1.31. The van der Waals surface area contributed by atoms with Gasteiger partial charge < -0.3 is 4.74 Å². The van der Waals surface area contributed by atoms with Gasteiger partial charge in [-0.2, -0.15) is 0 Å². The SMILES string of the molecule is CC(=O)C1CCC2O[C@H]2C1. The van der Waals surface area contributed by atoms with Crippen LogP contribution in [0.15, 0.2) is 0 Å². The molecular weight excluding hydrogens is 128 g/mol. The molecule has 3 atom stereocenters. The number of ketones is 1. The van der Waals surface area contributed by atoms with Gasteiger partial charge >= 0.3 is 0 Å². The van der Waals surface area contributed by atoms with Crippen molar-refractivity contribution in [3.63, 3.8) is 0 Å². The molecular formula is C8H12O2. The van der Waals surface area contributed by atoms with E-state index in [1.807, 2.05) is 0 Å². The molecule has 10 heavy (non-hydrogen) atoms. The maximum absolute atomic E-state index is 10.9. The Hall–Kier alpha value is -0.370. The minimum atomic E-state index is 0.309. The van der Waals surface area contributed by atoms with Crippen molar-refractivity contribution in [3.8, 4) is 0 Å². The van der Waals surface area contributed by atoms with E-state index in [1.54, 1.807) is 6.92 Å². The van der Waals surface area contributed by atoms with Crippen molar-refractivity contribution < 1.29 is 9.53 Å². The van der Waals surface area contributed by atoms with Gasteiger partial charge in [0.15, 0.2) is 0 Å². The molecule has 2 fully saturated rings. The van der Waals surface area contributed by atoms with Crippen LogP contribution >= 0.6 is 0 Å². The lowest BCUT2D eigenvalue weighted by Gasteiger charge is -2.14. The minimum absolute atomic E-state index is 0.309. The first kappa shape index (κ1) is 6.35. The van der Waals surface area contributed by atoms with Gasteiger partial charge in [-0.1, -0.05) is 0 Å². The van der Waals surface area contributed by atoms with E-state index in [0.29, 0.717) is 23.9 Å². The molecule has 2 nitrogen and oxygen atoms in total. The number of hydrogen-bond donors (Lipinski definition) is 0. The molecule has 1 heterocycles. The zero-order valence-corrected chi connectivity index (χ0v) is 6.17. The first-order valence-corrected chi connectivity index (χ1v) is 3.93. The van der Waals surface area contributed by atoms with Gasteiger partial charge in [0, 0.05) is 5.92 Å². The zero-order valence-electron chi connectivity index (χ0n) is 6.17. The molecule has 0 aromatic carbocycles. The Bertz CT molecular complexity index is 165. The monoisotopic (exact) mass is 140 g/mol. The molecule has 1 saturated heterocycles. The van der Waals surface area contributed by atoms with Gasteiger partial charge in [-0.25, -0.2) is 0 Å². The topological polar surface area (TPSA) is 29.6 Å². The highest BCUT2D eigenvalue weighted by molar-refractivity contribution is 5.78. The molecule has 0 spiro atoms. The fraction of sp³-hybridized carbons (Fsp3) is 0.875. The summed E-state index contributed by atoms with van der Waals surface area (Å²) in [6, 6.07) is 0. The molecule has 0 aromatic rings. The first-order valence-electron chi connectivity index (χ1n) is 3.93. The number of rotatable bonds is 1. The molecule has 2 unspecified atom stereocenters. The number of hydrogen-bond acceptors (Lipinski definition) is 2. The molecule has 2 aliphatic rings. The van der Waals surface area contributed by atoms with E-state index in [1.165, 1.54) is 0 Å². The molecule has 0 N–H and O–H groups in total. The van der Waals surface area contributed by atoms with Crippen LogP contribution in [-0.4, -0.2) is 18.0 Å². The van der Waals surface area contributed by atoms with Crippen LogP contribution in [-0.2, 0) is 9.53 Å². The third-order valence-electron chi connectivity index (χ3n) is 2.58. The van der Waals surface area contributed by atoms with Crippen molar-refractivity contribution in [1.29, 1.82) is 0 Å². The second kappa shape index (κ2) is 2.06. The van der Waals surface area contributed by atoms with Crippen LogP contribution < -0.4 is 0 Å². The largest absolute Gasteiger partial charge is 0.370 e. The molecule has 2 heteroatoms. The summed E-state index contributed by atoms with van der Waals surface area (Å²) in [7, 11) is 0. The van der Waals surface area contributed by atoms with Crippen molar-refractivity contribution in [2.24, 2.45) is 5.92 Å². The fourth-order valence-corrected chi connectivity index (χ4v) is 1.77. The normalized spacial score (nSPS) is 44.3. The summed E-state index contributed by atoms with van der Waals surface area (Å²) in [5.74, 6) is 0.651. The van der Waals surface area contributed by atoms with E-state index in [0.717, 1.165) is 19.3 Å². The Morgan fingerprint density at radius 3 is 2.80 bits per heavy atom. The fourth-order valence-electron chi connectivity index (χ4n) is 1.77. The summed E-state index contributed by atoms with van der Waals surface area (Å²) in [6.45, 7) is 1.69. The van der Waals surface area contributed by atoms with E-state index >= 15 is 0 Å². The molecule has 0 amide bonds. The number of carbonyl (C=O) groups excluding carboxylic acids is 1. The standard InChI is InChI=1S/C8H12O2/c1-5(9)6-2-3-7-8(4-6)10-7/h6-8H,2-4H2,1H3/t6?,7?,8-/m0/s1. The van der Waals surface area contributed by atoms with Crippen molar-refractivity contribution in [1.82, 2.24) is 0 Å². The van der Waals surface area contributed by atoms with Crippen LogP contribution in [0.25, 0.3) is 0 Å². The zero-order chi connectivity index (χ0) is 7.14. The summed E-state index contributed by atoms with van der Waals surface area (Å²) >= 11 is 0. The van der Waals surface area contributed by atoms with Crippen LogP contribution in [0.4, 0.5) is 0 Å². The summed E-state index contributed by atoms with van der Waals surface area (Å²) in [5, 5.41) is 0. The number of carbonyl (C=O) groups is 1. The second-order valence-electron chi connectivity index (χ2n) is 3.33. The summed E-state index contributed by atoms with van der Waals surface area (Å²) < 4.78 is 5.31. The quantitative estimate of drug-likeness (QED) is 0.511. The second-order valence-corrected chi connectivity index (χ2v) is 3.33. The van der Waals surface area contributed by atoms with Crippen LogP contribution in [0.1, 0.15) is 26.2 Å². The smallest absolute Gasteiger partial charge is 0.133 e. The van der Waals surface area contributed by atoms with E-state index < -0.39 is 0 Å². The summed E-state index contributed by atoms with van der Waals surface area (Å²) in [5.41, 5.74) is 0. The first-order chi connectivity index (χ1) is 4.77. The van der Waals surface area contributed by atoms with Crippen molar-refractivity contribution >= 4 is 5.78 Å². The van der Waals surface area contributed by atoms with Crippen LogP contribution in [0.5, 0.6) is 0 Å². The van der Waals surface area contributed by atoms with E-state index in [-0.39, 0.29) is 0 Å². The van der Waals surface area contributed by atoms with Gasteiger partial charge in [-0.3, -0.25) is 4.79 Å². The summed E-state index contributed by atoms with van der Waals surface area (Å²) in [6.07, 6.45) is 4.11. The molecule has 1 aliphatic carbocycles. The predicted octanol–water partition coefficient (Wildman–Crippen LogP) is 1.14. The van der Waals surface area contributed by atoms with Crippen molar-refractivity contribution in [2.75, 3.05) is 0 Å². The van der Waals surface area contributed by atoms with E-state index in [4.69, 9.17) is 4.74 Å². The third kappa shape index (κ3) is 0.966. The highest BCUT2D eigenvalue weighted by Gasteiger charge is 2.44. The molecule has 1 aliphatic heterocycles. The lowest BCUT2D eigenvalue weighted by molar-refractivity contribution is -0.121. The highest BCUT2D eigenvalue weighted by Crippen LogP contribution is 2.39. The van der Waals surface area contributed by atoms with Gasteiger partial charge in [0.05, 0.1) is 12.2 Å². The minimum Gasteiger partial charge on any atom is -0.370 e. The van der Waals surface area contributed by atoms with E-state index in [9.17, 15) is 4.79 Å². The number of epoxide rings is 1. The lowest BCUT2D eigenvalue weighted by Crippen LogP contribution is -2.19. The molecule has 56 valence electrons. The van der Waals surface area contributed by atoms with Crippen LogP contribution in [0, 0.1) is 5.92 Å². The van der Waals surface area contributed by atoms with Gasteiger partial charge in [-0.15, -0.1) is 0 Å². The van der Waals surface area contributed by atoms with Gasteiger partial charge in [0.2, 0.25) is 0 Å². The maximum Gasteiger partial charge on any atom is 0.133 e. The number of fused-ring (bicyclic) bond motifs is 1. The molecule has 1 saturated carbocycles. The lowest BCUT2D eigenvalue weighted by atomic mass is 9.87. The highest BCUT2D eigenvalue weighted by atomic mass is 16.6.